The SMILES string of the molecule is CC1CC(C(=O)O)CN(C(=O)NC(Cc2ccc(F)cc2)C(C)C)C1. The molecule has 0 saturated carbocycles. The Morgan fingerprint density at radius 2 is 1.92 bits per heavy atom. The van der Waals surface area contributed by atoms with E-state index in [9.17, 15) is 19.1 Å². The summed E-state index contributed by atoms with van der Waals surface area (Å²) in [7, 11) is 0. The average molecular weight is 350 g/mol. The number of urea groups is 1. The zero-order valence-corrected chi connectivity index (χ0v) is 15.0. The first-order chi connectivity index (χ1) is 11.8. The molecule has 25 heavy (non-hydrogen) atoms. The van der Waals surface area contributed by atoms with Crippen molar-refractivity contribution in [3.05, 3.63) is 35.6 Å². The summed E-state index contributed by atoms with van der Waals surface area (Å²) in [5.74, 6) is -1.28. The van der Waals surface area contributed by atoms with Crippen molar-refractivity contribution in [2.75, 3.05) is 13.1 Å². The topological polar surface area (TPSA) is 69.6 Å². The highest BCUT2D eigenvalue weighted by molar-refractivity contribution is 5.77. The third-order valence-corrected chi connectivity index (χ3v) is 4.78. The predicted octanol–water partition coefficient (Wildman–Crippen LogP) is 3.15. The molecule has 2 N–H and O–H groups in total. The Labute approximate surface area is 148 Å². The largest absolute Gasteiger partial charge is 0.481 e. The summed E-state index contributed by atoms with van der Waals surface area (Å²) in [6.07, 6.45) is 1.21. The number of nitrogens with one attached hydrogen (secondary N) is 1. The van der Waals surface area contributed by atoms with Crippen molar-refractivity contribution in [2.24, 2.45) is 17.8 Å². The van der Waals surface area contributed by atoms with Crippen LogP contribution in [0.3, 0.4) is 0 Å². The summed E-state index contributed by atoms with van der Waals surface area (Å²) in [6.45, 7) is 6.82. The summed E-state index contributed by atoms with van der Waals surface area (Å²) >= 11 is 0. The van der Waals surface area contributed by atoms with Crippen LogP contribution in [0, 0.1) is 23.6 Å². The number of hydrogen-bond donors (Lipinski definition) is 2. The van der Waals surface area contributed by atoms with Gasteiger partial charge in [0.25, 0.3) is 0 Å². The van der Waals surface area contributed by atoms with Gasteiger partial charge in [-0.25, -0.2) is 9.18 Å². The first-order valence-corrected chi connectivity index (χ1v) is 8.79. The lowest BCUT2D eigenvalue weighted by Crippen LogP contribution is -2.53. The van der Waals surface area contributed by atoms with Crippen molar-refractivity contribution in [3.63, 3.8) is 0 Å². The molecule has 0 spiro atoms. The van der Waals surface area contributed by atoms with Gasteiger partial charge < -0.3 is 15.3 Å². The van der Waals surface area contributed by atoms with Gasteiger partial charge in [0.05, 0.1) is 5.92 Å². The molecule has 1 saturated heterocycles. The molecule has 3 unspecified atom stereocenters. The Morgan fingerprint density at radius 3 is 2.48 bits per heavy atom. The quantitative estimate of drug-likeness (QED) is 0.857. The number of amides is 2. The van der Waals surface area contributed by atoms with Crippen LogP contribution in [-0.4, -0.2) is 41.1 Å². The van der Waals surface area contributed by atoms with Crippen LogP contribution < -0.4 is 5.32 Å². The Kier molecular flexibility index (Phi) is 6.39. The lowest BCUT2D eigenvalue weighted by atomic mass is 9.90. The highest BCUT2D eigenvalue weighted by Gasteiger charge is 2.32. The van der Waals surface area contributed by atoms with Crippen LogP contribution in [0.15, 0.2) is 24.3 Å². The minimum absolute atomic E-state index is 0.0986. The zero-order valence-electron chi connectivity index (χ0n) is 15.0. The third-order valence-electron chi connectivity index (χ3n) is 4.78. The van der Waals surface area contributed by atoms with E-state index in [-0.39, 0.29) is 36.3 Å². The molecule has 1 aliphatic rings. The summed E-state index contributed by atoms with van der Waals surface area (Å²) < 4.78 is 13.0. The Morgan fingerprint density at radius 1 is 1.28 bits per heavy atom. The lowest BCUT2D eigenvalue weighted by molar-refractivity contribution is -0.143. The maximum Gasteiger partial charge on any atom is 0.317 e. The number of nitrogens with zero attached hydrogens (tertiary/aromatic N) is 1. The van der Waals surface area contributed by atoms with Gasteiger partial charge in [-0.1, -0.05) is 32.9 Å². The minimum atomic E-state index is -0.851. The minimum Gasteiger partial charge on any atom is -0.481 e. The number of carbonyl (C=O) groups is 2. The fourth-order valence-electron chi connectivity index (χ4n) is 3.27. The first kappa shape index (κ1) is 19.2. The van der Waals surface area contributed by atoms with Gasteiger partial charge in [0.1, 0.15) is 5.82 Å². The van der Waals surface area contributed by atoms with E-state index >= 15 is 0 Å². The molecule has 1 heterocycles. The van der Waals surface area contributed by atoms with Crippen molar-refractivity contribution in [1.82, 2.24) is 10.2 Å². The van der Waals surface area contributed by atoms with E-state index < -0.39 is 11.9 Å². The monoisotopic (exact) mass is 350 g/mol. The van der Waals surface area contributed by atoms with Gasteiger partial charge in [-0.2, -0.15) is 0 Å². The summed E-state index contributed by atoms with van der Waals surface area (Å²) in [4.78, 5) is 25.5. The normalized spacial score (nSPS) is 21.9. The van der Waals surface area contributed by atoms with Crippen molar-refractivity contribution < 1.29 is 19.1 Å². The molecular weight excluding hydrogens is 323 g/mol. The Hall–Kier alpha value is -2.11. The van der Waals surface area contributed by atoms with Crippen LogP contribution in [0.25, 0.3) is 0 Å². The van der Waals surface area contributed by atoms with E-state index in [1.165, 1.54) is 12.1 Å². The highest BCUT2D eigenvalue weighted by Crippen LogP contribution is 2.22. The number of carbonyl (C=O) groups excluding carboxylic acids is 1. The number of piperidine rings is 1. The van der Waals surface area contributed by atoms with Crippen LogP contribution in [0.4, 0.5) is 9.18 Å². The maximum absolute atomic E-state index is 13.0. The van der Waals surface area contributed by atoms with E-state index in [0.29, 0.717) is 19.4 Å². The number of carboxylic acids is 1. The summed E-state index contributed by atoms with van der Waals surface area (Å²) in [6, 6.07) is 5.95. The Balaban J connectivity index is 2.01. The van der Waals surface area contributed by atoms with Gasteiger partial charge in [0.15, 0.2) is 0 Å². The number of halogens is 1. The van der Waals surface area contributed by atoms with E-state index in [1.54, 1.807) is 17.0 Å². The molecule has 1 aliphatic heterocycles. The van der Waals surface area contributed by atoms with E-state index in [2.05, 4.69) is 5.32 Å². The molecule has 0 aliphatic carbocycles. The second-order valence-corrected chi connectivity index (χ2v) is 7.41. The van der Waals surface area contributed by atoms with Crippen molar-refractivity contribution in [2.45, 2.75) is 39.7 Å². The van der Waals surface area contributed by atoms with Gasteiger partial charge >= 0.3 is 12.0 Å². The van der Waals surface area contributed by atoms with Crippen LogP contribution in [-0.2, 0) is 11.2 Å². The Bertz CT molecular complexity index is 603. The third kappa shape index (κ3) is 5.44. The molecule has 2 rings (SSSR count). The van der Waals surface area contributed by atoms with Gasteiger partial charge in [-0.15, -0.1) is 0 Å². The number of aliphatic carboxylic acids is 1. The van der Waals surface area contributed by atoms with Gasteiger partial charge in [-0.3, -0.25) is 4.79 Å². The smallest absolute Gasteiger partial charge is 0.317 e. The molecule has 3 atom stereocenters. The second kappa shape index (κ2) is 8.32. The predicted molar refractivity (Wildman–Crippen MR) is 93.7 cm³/mol. The first-order valence-electron chi connectivity index (χ1n) is 8.79. The number of hydrogen-bond acceptors (Lipinski definition) is 2. The van der Waals surface area contributed by atoms with Crippen molar-refractivity contribution >= 4 is 12.0 Å². The van der Waals surface area contributed by atoms with E-state index in [4.69, 9.17) is 0 Å². The van der Waals surface area contributed by atoms with Crippen LogP contribution in [0.2, 0.25) is 0 Å². The van der Waals surface area contributed by atoms with Gasteiger partial charge in [-0.05, 0) is 42.4 Å². The maximum atomic E-state index is 13.0. The molecule has 1 aromatic rings. The molecular formula is C19H27FN2O3. The zero-order chi connectivity index (χ0) is 18.6. The van der Waals surface area contributed by atoms with Crippen LogP contribution in [0.5, 0.6) is 0 Å². The molecule has 0 aromatic heterocycles. The number of likely N-dealkylation sites (tertiary alicyclic amines) is 1. The van der Waals surface area contributed by atoms with Crippen LogP contribution >= 0.6 is 0 Å². The standard InChI is InChI=1S/C19H27FN2O3/c1-12(2)17(9-14-4-6-16(20)7-5-14)21-19(25)22-10-13(3)8-15(11-22)18(23)24/h4-7,12-13,15,17H,8-11H2,1-3H3,(H,21,25)(H,23,24). The highest BCUT2D eigenvalue weighted by atomic mass is 19.1. The molecule has 1 fully saturated rings. The molecule has 0 radical (unpaired) electrons. The number of carboxylic acid groups (broad SMARTS) is 1. The lowest BCUT2D eigenvalue weighted by Gasteiger charge is -2.36. The fraction of sp³-hybridized carbons (Fsp3) is 0.579. The van der Waals surface area contributed by atoms with Gasteiger partial charge in [0, 0.05) is 19.1 Å². The summed E-state index contributed by atoms with van der Waals surface area (Å²) in [5.41, 5.74) is 0.954. The molecule has 2 amide bonds. The second-order valence-electron chi connectivity index (χ2n) is 7.41. The molecule has 5 nitrogen and oxygen atoms in total. The molecule has 6 heteroatoms. The van der Waals surface area contributed by atoms with Gasteiger partial charge in [0.2, 0.25) is 0 Å². The average Bonchev–Trinajstić information content (AvgIpc) is 2.55. The molecule has 138 valence electrons. The fourth-order valence-corrected chi connectivity index (χ4v) is 3.27. The molecule has 1 aromatic carbocycles. The molecule has 0 bridgehead atoms. The van der Waals surface area contributed by atoms with Crippen molar-refractivity contribution in [1.29, 1.82) is 0 Å². The van der Waals surface area contributed by atoms with E-state index in [1.807, 2.05) is 20.8 Å². The summed E-state index contributed by atoms with van der Waals surface area (Å²) in [5, 5.41) is 12.3. The van der Waals surface area contributed by atoms with Crippen molar-refractivity contribution in [3.8, 4) is 0 Å². The van der Waals surface area contributed by atoms with Crippen LogP contribution in [0.1, 0.15) is 32.8 Å². The number of rotatable bonds is 5. The number of benzene rings is 1. The van der Waals surface area contributed by atoms with E-state index in [0.717, 1.165) is 5.56 Å².